The van der Waals surface area contributed by atoms with E-state index in [4.69, 9.17) is 0 Å². The summed E-state index contributed by atoms with van der Waals surface area (Å²) in [6.07, 6.45) is 6.49. The fourth-order valence-corrected chi connectivity index (χ4v) is 0.985. The van der Waals surface area contributed by atoms with Crippen molar-refractivity contribution in [2.45, 2.75) is 6.92 Å². The van der Waals surface area contributed by atoms with Gasteiger partial charge in [0.15, 0.2) is 0 Å². The van der Waals surface area contributed by atoms with Crippen LogP contribution in [-0.2, 0) is 0 Å². The molecule has 15 heavy (non-hydrogen) atoms. The molecule has 0 saturated carbocycles. The number of aromatic nitrogens is 2. The van der Waals surface area contributed by atoms with Crippen LogP contribution in [0.15, 0.2) is 48.7 Å². The highest BCUT2D eigenvalue weighted by Crippen LogP contribution is 2.10. The molecule has 0 spiro atoms. The Kier molecular flexibility index (Phi) is 3.74. The zero-order valence-electron chi connectivity index (χ0n) is 8.33. The molecule has 0 saturated heterocycles. The zero-order valence-corrected chi connectivity index (χ0v) is 8.33. The number of carbonyl (C=O) groups is 1. The van der Waals surface area contributed by atoms with E-state index >= 15 is 0 Å². The van der Waals surface area contributed by atoms with E-state index in [-0.39, 0.29) is 11.4 Å². The van der Waals surface area contributed by atoms with Gasteiger partial charge in [0, 0.05) is 5.57 Å². The molecule has 0 unspecified atom stereocenters. The highest BCUT2D eigenvalue weighted by molar-refractivity contribution is 6.09. The Labute approximate surface area is 87.0 Å². The lowest BCUT2D eigenvalue weighted by atomic mass is 10.1. The highest BCUT2D eigenvalue weighted by atomic mass is 19.1. The number of carbonyl (C=O) groups excluding carboxylic acids is 1. The van der Waals surface area contributed by atoms with Crippen LogP contribution in [0.2, 0.25) is 0 Å². The third-order valence-corrected chi connectivity index (χ3v) is 1.79. The van der Waals surface area contributed by atoms with Crippen molar-refractivity contribution in [3.05, 3.63) is 54.4 Å². The Bertz CT molecular complexity index is 416. The molecule has 0 aliphatic rings. The van der Waals surface area contributed by atoms with E-state index in [1.807, 2.05) is 0 Å². The first kappa shape index (κ1) is 11.1. The van der Waals surface area contributed by atoms with Gasteiger partial charge in [-0.2, -0.15) is 0 Å². The van der Waals surface area contributed by atoms with Crippen LogP contribution in [0.5, 0.6) is 0 Å². The number of ketones is 1. The summed E-state index contributed by atoms with van der Waals surface area (Å²) in [4.78, 5) is 18.0. The number of imidazole rings is 1. The maximum atomic E-state index is 12.9. The Morgan fingerprint density at radius 2 is 2.40 bits per heavy atom. The van der Waals surface area contributed by atoms with Crippen LogP contribution in [0, 0.1) is 0 Å². The molecular formula is C11H11FN2O. The summed E-state index contributed by atoms with van der Waals surface area (Å²) >= 11 is 0. The summed E-state index contributed by atoms with van der Waals surface area (Å²) in [5.74, 6) is -0.808. The number of hydrogen-bond acceptors (Lipinski definition) is 2. The van der Waals surface area contributed by atoms with E-state index in [1.54, 1.807) is 6.92 Å². The molecule has 0 aromatic carbocycles. The number of aromatic amines is 1. The number of Topliss-reactive ketones (excluding diaryl/α,β-unsaturated/α-hetero) is 1. The van der Waals surface area contributed by atoms with Crippen molar-refractivity contribution < 1.29 is 9.18 Å². The second-order valence-corrected chi connectivity index (χ2v) is 2.77. The lowest BCUT2D eigenvalue weighted by molar-refractivity contribution is 0.103. The van der Waals surface area contributed by atoms with Gasteiger partial charge in [-0.3, -0.25) is 4.79 Å². The van der Waals surface area contributed by atoms with Crippen LogP contribution in [0.4, 0.5) is 4.39 Å². The average Bonchev–Trinajstić information content (AvgIpc) is 2.77. The normalized spacial score (nSPS) is 12.7. The van der Waals surface area contributed by atoms with Gasteiger partial charge in [0.05, 0.1) is 12.5 Å². The summed E-state index contributed by atoms with van der Waals surface area (Å²) in [6.45, 7) is 5.01. The molecule has 1 N–H and O–H groups in total. The van der Waals surface area contributed by atoms with Crippen LogP contribution >= 0.6 is 0 Å². The van der Waals surface area contributed by atoms with E-state index in [1.165, 1.54) is 24.7 Å². The van der Waals surface area contributed by atoms with Crippen LogP contribution in [-0.4, -0.2) is 15.8 Å². The molecule has 0 radical (unpaired) electrons. The van der Waals surface area contributed by atoms with Gasteiger partial charge in [-0.25, -0.2) is 9.37 Å². The highest BCUT2D eigenvalue weighted by Gasteiger charge is 2.10. The molecule has 1 aromatic heterocycles. The quantitative estimate of drug-likeness (QED) is 0.467. The summed E-state index contributed by atoms with van der Waals surface area (Å²) in [6, 6.07) is 0. The first-order chi connectivity index (χ1) is 7.19. The Balaban J connectivity index is 2.99. The SMILES string of the molecule is C=C/C(=C\C(F)=C/C)C(=O)c1cnc[nH]1. The molecule has 0 amide bonds. The molecule has 1 heterocycles. The van der Waals surface area contributed by atoms with Gasteiger partial charge >= 0.3 is 0 Å². The average molecular weight is 206 g/mol. The van der Waals surface area contributed by atoms with E-state index < -0.39 is 5.83 Å². The number of halogens is 1. The number of hydrogen-bond donors (Lipinski definition) is 1. The molecule has 3 nitrogen and oxygen atoms in total. The van der Waals surface area contributed by atoms with E-state index in [0.29, 0.717) is 5.69 Å². The molecule has 4 heteroatoms. The van der Waals surface area contributed by atoms with Crippen molar-refractivity contribution in [2.24, 2.45) is 0 Å². The minimum Gasteiger partial charge on any atom is -0.342 e. The molecular weight excluding hydrogens is 195 g/mol. The van der Waals surface area contributed by atoms with Gasteiger partial charge in [-0.15, -0.1) is 0 Å². The minimum absolute atomic E-state index is 0.190. The molecule has 78 valence electrons. The van der Waals surface area contributed by atoms with Gasteiger partial charge in [0.2, 0.25) is 5.78 Å². The Hall–Kier alpha value is -1.97. The fourth-order valence-electron chi connectivity index (χ4n) is 0.985. The molecule has 0 bridgehead atoms. The molecule has 0 fully saturated rings. The number of nitrogens with one attached hydrogen (secondary N) is 1. The fraction of sp³-hybridized carbons (Fsp3) is 0.0909. The summed E-state index contributed by atoms with van der Waals surface area (Å²) in [5, 5.41) is 0. The number of rotatable bonds is 4. The van der Waals surface area contributed by atoms with Gasteiger partial charge in [0.1, 0.15) is 11.5 Å². The number of H-pyrrole nitrogens is 1. The van der Waals surface area contributed by atoms with Gasteiger partial charge in [0.25, 0.3) is 0 Å². The lowest BCUT2D eigenvalue weighted by Crippen LogP contribution is -2.01. The maximum absolute atomic E-state index is 12.9. The van der Waals surface area contributed by atoms with Crippen LogP contribution in [0.25, 0.3) is 0 Å². The van der Waals surface area contributed by atoms with Crippen molar-refractivity contribution in [3.8, 4) is 0 Å². The third-order valence-electron chi connectivity index (χ3n) is 1.79. The van der Waals surface area contributed by atoms with Crippen molar-refractivity contribution in [1.29, 1.82) is 0 Å². The summed E-state index contributed by atoms with van der Waals surface area (Å²) < 4.78 is 12.9. The standard InChI is InChI=1S/C11H11FN2O/c1-3-8(5-9(12)4-2)11(15)10-6-13-7-14-10/h3-7H,1H2,2H3,(H,13,14)/b8-5+,9-4+. The first-order valence-electron chi connectivity index (χ1n) is 4.38. The van der Waals surface area contributed by atoms with Crippen molar-refractivity contribution in [1.82, 2.24) is 9.97 Å². The largest absolute Gasteiger partial charge is 0.342 e. The monoisotopic (exact) mass is 206 g/mol. The molecule has 1 rings (SSSR count). The van der Waals surface area contributed by atoms with Crippen LogP contribution < -0.4 is 0 Å². The van der Waals surface area contributed by atoms with Gasteiger partial charge in [-0.05, 0) is 13.0 Å². The zero-order chi connectivity index (χ0) is 11.3. The minimum atomic E-state index is -0.474. The maximum Gasteiger partial charge on any atom is 0.210 e. The van der Waals surface area contributed by atoms with Crippen molar-refractivity contribution >= 4 is 5.78 Å². The van der Waals surface area contributed by atoms with E-state index in [2.05, 4.69) is 16.5 Å². The van der Waals surface area contributed by atoms with Crippen LogP contribution in [0.3, 0.4) is 0 Å². The topological polar surface area (TPSA) is 45.8 Å². The smallest absolute Gasteiger partial charge is 0.210 e. The predicted octanol–water partition coefficient (Wildman–Crippen LogP) is 2.58. The van der Waals surface area contributed by atoms with Gasteiger partial charge in [-0.1, -0.05) is 18.7 Å². The molecule has 1 aromatic rings. The number of allylic oxidation sites excluding steroid dienone is 5. The Morgan fingerprint density at radius 1 is 1.67 bits per heavy atom. The third kappa shape index (κ3) is 2.74. The van der Waals surface area contributed by atoms with Crippen LogP contribution in [0.1, 0.15) is 17.4 Å². The van der Waals surface area contributed by atoms with Crippen molar-refractivity contribution in [2.75, 3.05) is 0 Å². The lowest BCUT2D eigenvalue weighted by Gasteiger charge is -1.97. The van der Waals surface area contributed by atoms with E-state index in [0.717, 1.165) is 6.08 Å². The second kappa shape index (κ2) is 5.05. The first-order valence-corrected chi connectivity index (χ1v) is 4.38. The van der Waals surface area contributed by atoms with Crippen molar-refractivity contribution in [3.63, 3.8) is 0 Å². The Morgan fingerprint density at radius 3 is 2.87 bits per heavy atom. The predicted molar refractivity (Wildman–Crippen MR) is 56.1 cm³/mol. The molecule has 0 atom stereocenters. The molecule has 0 aliphatic carbocycles. The van der Waals surface area contributed by atoms with Gasteiger partial charge < -0.3 is 4.98 Å². The van der Waals surface area contributed by atoms with E-state index in [9.17, 15) is 9.18 Å². The summed E-state index contributed by atoms with van der Waals surface area (Å²) in [5.41, 5.74) is 0.500. The number of nitrogens with zero attached hydrogens (tertiary/aromatic N) is 1. The second-order valence-electron chi connectivity index (χ2n) is 2.77. The molecule has 0 aliphatic heterocycles. The summed E-state index contributed by atoms with van der Waals surface area (Å²) in [7, 11) is 0.